The van der Waals surface area contributed by atoms with Gasteiger partial charge in [0.05, 0.1) is 17.6 Å². The Hall–Kier alpha value is -1.94. The number of rotatable bonds is 20. The van der Waals surface area contributed by atoms with E-state index in [1.165, 1.54) is 94.9 Å². The van der Waals surface area contributed by atoms with Crippen molar-refractivity contribution in [3.8, 4) is 0 Å². The maximum atomic E-state index is 11.3. The highest BCUT2D eigenvalue weighted by atomic mass is 35.5. The lowest BCUT2D eigenvalue weighted by Crippen LogP contribution is -2.44. The number of unbranched alkanes of at least 4 members (excludes halogenated alkanes) is 12. The van der Waals surface area contributed by atoms with Crippen LogP contribution in [0.4, 0.5) is 5.69 Å². The summed E-state index contributed by atoms with van der Waals surface area (Å²) < 4.78 is 0. The molecule has 0 aromatic heterocycles. The molecule has 1 aromatic rings. The summed E-state index contributed by atoms with van der Waals surface area (Å²) in [5, 5.41) is 40.4. The lowest BCUT2D eigenvalue weighted by Gasteiger charge is -2.22. The average molecular weight is 580 g/mol. The zero-order valence-electron chi connectivity index (χ0n) is 22.3. The molecule has 0 aliphatic heterocycles. The molecule has 1 rings (SSSR count). The summed E-state index contributed by atoms with van der Waals surface area (Å²) in [5.74, 6) is -1.41. The number of alkyl halides is 2. The molecular formula is C27H44Cl2N2O7. The van der Waals surface area contributed by atoms with Gasteiger partial charge < -0.3 is 20.6 Å². The number of nitro groups is 1. The van der Waals surface area contributed by atoms with Gasteiger partial charge in [-0.05, 0) is 24.1 Å². The Morgan fingerprint density at radius 3 is 1.71 bits per heavy atom. The second-order valence-electron chi connectivity index (χ2n) is 9.28. The molecule has 11 heteroatoms. The molecular weight excluding hydrogens is 535 g/mol. The number of carboxylic acid groups (broad SMARTS) is 1. The number of hydrogen-bond donors (Lipinski definition) is 4. The highest BCUT2D eigenvalue weighted by Gasteiger charge is 2.24. The first-order valence-corrected chi connectivity index (χ1v) is 14.3. The van der Waals surface area contributed by atoms with Gasteiger partial charge in [0.2, 0.25) is 0 Å². The minimum atomic E-state index is -1.33. The quantitative estimate of drug-likeness (QED) is 0.0599. The van der Waals surface area contributed by atoms with Gasteiger partial charge in [-0.2, -0.15) is 0 Å². The van der Waals surface area contributed by atoms with E-state index in [9.17, 15) is 24.8 Å². The molecule has 218 valence electrons. The molecule has 0 bridgehead atoms. The van der Waals surface area contributed by atoms with Crippen molar-refractivity contribution in [3.63, 3.8) is 0 Å². The number of aliphatic hydroxyl groups excluding tert-OH is 2. The van der Waals surface area contributed by atoms with Gasteiger partial charge >= 0.3 is 5.97 Å². The van der Waals surface area contributed by atoms with Crippen LogP contribution in [0.1, 0.15) is 108 Å². The van der Waals surface area contributed by atoms with Crippen LogP contribution in [0.2, 0.25) is 0 Å². The SMILES string of the molecule is CCCCCCCCCCCCCCCC(=O)O.O=C(N[C@H](CO)[C@H](O)c1ccc([N+](=O)[O-])cc1)C(Cl)Cl. The van der Waals surface area contributed by atoms with Gasteiger partial charge in [-0.15, -0.1) is 0 Å². The molecule has 0 radical (unpaired) electrons. The third-order valence-electron chi connectivity index (χ3n) is 6.04. The summed E-state index contributed by atoms with van der Waals surface area (Å²) in [6.07, 6.45) is 16.0. The fourth-order valence-corrected chi connectivity index (χ4v) is 3.92. The second-order valence-corrected chi connectivity index (χ2v) is 10.4. The molecule has 0 saturated heterocycles. The molecule has 0 unspecified atom stereocenters. The number of hydrogen-bond acceptors (Lipinski definition) is 6. The number of non-ortho nitro benzene ring substituents is 1. The zero-order valence-corrected chi connectivity index (χ0v) is 23.8. The van der Waals surface area contributed by atoms with E-state index < -0.39 is 40.4 Å². The first-order chi connectivity index (χ1) is 18.1. The molecule has 0 saturated carbocycles. The molecule has 1 amide bonds. The van der Waals surface area contributed by atoms with E-state index in [0.29, 0.717) is 12.0 Å². The fraction of sp³-hybridized carbons (Fsp3) is 0.704. The Labute approximate surface area is 236 Å². The largest absolute Gasteiger partial charge is 0.481 e. The Kier molecular flexibility index (Phi) is 21.8. The Morgan fingerprint density at radius 2 is 1.34 bits per heavy atom. The van der Waals surface area contributed by atoms with Crippen molar-refractivity contribution in [2.24, 2.45) is 0 Å². The number of aliphatic hydroxyl groups is 2. The number of carbonyl (C=O) groups is 2. The van der Waals surface area contributed by atoms with Crippen LogP contribution in [0.25, 0.3) is 0 Å². The molecule has 4 N–H and O–H groups in total. The summed E-state index contributed by atoms with van der Waals surface area (Å²) in [6.45, 7) is 1.71. The third-order valence-corrected chi connectivity index (χ3v) is 6.44. The van der Waals surface area contributed by atoms with Gasteiger partial charge in [-0.1, -0.05) is 107 Å². The number of carboxylic acids is 1. The van der Waals surface area contributed by atoms with Crippen LogP contribution in [0.5, 0.6) is 0 Å². The van der Waals surface area contributed by atoms with Crippen molar-refractivity contribution >= 4 is 40.8 Å². The minimum Gasteiger partial charge on any atom is -0.481 e. The predicted molar refractivity (Wildman–Crippen MR) is 151 cm³/mol. The van der Waals surface area contributed by atoms with Crippen LogP contribution in [-0.4, -0.2) is 49.6 Å². The van der Waals surface area contributed by atoms with E-state index in [-0.39, 0.29) is 5.69 Å². The van der Waals surface area contributed by atoms with Crippen LogP contribution in [0.15, 0.2) is 24.3 Å². The highest BCUT2D eigenvalue weighted by molar-refractivity contribution is 6.53. The van der Waals surface area contributed by atoms with E-state index in [1.807, 2.05) is 0 Å². The first kappa shape index (κ1) is 36.1. The lowest BCUT2D eigenvalue weighted by atomic mass is 10.0. The summed E-state index contributed by atoms with van der Waals surface area (Å²) in [5.41, 5.74) is 0.169. The van der Waals surface area contributed by atoms with E-state index in [4.69, 9.17) is 33.4 Å². The van der Waals surface area contributed by atoms with E-state index in [2.05, 4.69) is 12.2 Å². The Balaban J connectivity index is 0.000000726. The summed E-state index contributed by atoms with van der Waals surface area (Å²) >= 11 is 10.7. The lowest BCUT2D eigenvalue weighted by molar-refractivity contribution is -0.384. The van der Waals surface area contributed by atoms with Gasteiger partial charge in [-0.25, -0.2) is 0 Å². The fourth-order valence-electron chi connectivity index (χ4n) is 3.79. The number of halogens is 2. The van der Waals surface area contributed by atoms with Crippen LogP contribution in [-0.2, 0) is 9.59 Å². The smallest absolute Gasteiger partial charge is 0.303 e. The molecule has 0 heterocycles. The molecule has 38 heavy (non-hydrogen) atoms. The van der Waals surface area contributed by atoms with Crippen molar-refractivity contribution in [3.05, 3.63) is 39.9 Å². The summed E-state index contributed by atoms with van der Waals surface area (Å²) in [7, 11) is 0. The number of benzene rings is 1. The zero-order chi connectivity index (χ0) is 28.8. The van der Waals surface area contributed by atoms with E-state index in [0.717, 1.165) is 12.8 Å². The van der Waals surface area contributed by atoms with Crippen LogP contribution in [0.3, 0.4) is 0 Å². The maximum absolute atomic E-state index is 11.3. The molecule has 0 spiro atoms. The standard InChI is InChI=1S/C16H32O2.C11H12Cl2N2O5/c1-2-3-4-5-6-7-8-9-10-11-12-13-14-15-16(17)18;12-10(13)11(18)14-8(5-16)9(17)6-1-3-7(4-2-6)15(19)20/h2-15H2,1H3,(H,17,18);1-4,8-10,16-17H,5H2,(H,14,18)/t;8-,9-/m.1/s1. The van der Waals surface area contributed by atoms with E-state index >= 15 is 0 Å². The number of aliphatic carboxylic acids is 1. The van der Waals surface area contributed by atoms with Crippen LogP contribution in [0, 0.1) is 10.1 Å². The number of nitrogens with one attached hydrogen (secondary N) is 1. The molecule has 1 aromatic carbocycles. The van der Waals surface area contributed by atoms with Crippen molar-refractivity contribution in [1.29, 1.82) is 0 Å². The third kappa shape index (κ3) is 18.3. The van der Waals surface area contributed by atoms with Gasteiger partial charge in [0.15, 0.2) is 4.84 Å². The van der Waals surface area contributed by atoms with Gasteiger partial charge in [0.1, 0.15) is 6.10 Å². The Morgan fingerprint density at radius 1 is 0.895 bits per heavy atom. The van der Waals surface area contributed by atoms with Crippen molar-refractivity contribution in [2.45, 2.75) is 114 Å². The minimum absolute atomic E-state index is 0.132. The average Bonchev–Trinajstić information content (AvgIpc) is 2.89. The monoisotopic (exact) mass is 578 g/mol. The second kappa shape index (κ2) is 23.0. The number of nitro benzene ring substituents is 1. The first-order valence-electron chi connectivity index (χ1n) is 13.5. The molecule has 9 nitrogen and oxygen atoms in total. The molecule has 0 aliphatic rings. The van der Waals surface area contributed by atoms with Gasteiger partial charge in [0, 0.05) is 18.6 Å². The van der Waals surface area contributed by atoms with E-state index in [1.54, 1.807) is 0 Å². The number of carbonyl (C=O) groups excluding carboxylic acids is 1. The predicted octanol–water partition coefficient (Wildman–Crippen LogP) is 6.46. The van der Waals surface area contributed by atoms with Crippen molar-refractivity contribution in [1.82, 2.24) is 5.32 Å². The number of amides is 1. The van der Waals surface area contributed by atoms with Gasteiger partial charge in [-0.3, -0.25) is 19.7 Å². The maximum Gasteiger partial charge on any atom is 0.303 e. The topological polar surface area (TPSA) is 150 Å². The molecule has 0 aliphatic carbocycles. The van der Waals surface area contributed by atoms with Crippen LogP contribution >= 0.6 is 23.2 Å². The van der Waals surface area contributed by atoms with Crippen molar-refractivity contribution in [2.75, 3.05) is 6.61 Å². The summed E-state index contributed by atoms with van der Waals surface area (Å²) in [6, 6.07) is 4.05. The van der Waals surface area contributed by atoms with Crippen LogP contribution < -0.4 is 5.32 Å². The molecule has 2 atom stereocenters. The molecule has 0 fully saturated rings. The normalized spacial score (nSPS) is 12.4. The highest BCUT2D eigenvalue weighted by Crippen LogP contribution is 2.21. The summed E-state index contributed by atoms with van der Waals surface area (Å²) in [4.78, 5) is 30.2. The van der Waals surface area contributed by atoms with Gasteiger partial charge in [0.25, 0.3) is 11.6 Å². The van der Waals surface area contributed by atoms with Crippen molar-refractivity contribution < 1.29 is 29.8 Å². The number of nitrogens with zero attached hydrogens (tertiary/aromatic N) is 1. The Bertz CT molecular complexity index is 779.